The summed E-state index contributed by atoms with van der Waals surface area (Å²) in [6, 6.07) is 0.0426. The van der Waals surface area contributed by atoms with Gasteiger partial charge in [0, 0.05) is 6.04 Å². The van der Waals surface area contributed by atoms with E-state index in [0.717, 1.165) is 32.4 Å². The molecule has 0 amide bonds. The topological polar surface area (TPSA) is 58.2 Å². The normalized spacial score (nSPS) is 14.1. The van der Waals surface area contributed by atoms with E-state index in [-0.39, 0.29) is 11.8 Å². The summed E-state index contributed by atoms with van der Waals surface area (Å²) in [4.78, 5) is 0. The molecule has 0 aliphatic heterocycles. The molecule has 0 aliphatic rings. The van der Waals surface area contributed by atoms with Crippen LogP contribution in [0.15, 0.2) is 0 Å². The van der Waals surface area contributed by atoms with Gasteiger partial charge in [0.05, 0.1) is 5.75 Å². The van der Waals surface area contributed by atoms with Gasteiger partial charge in [0.15, 0.2) is 0 Å². The van der Waals surface area contributed by atoms with Crippen LogP contribution >= 0.6 is 0 Å². The van der Waals surface area contributed by atoms with Gasteiger partial charge in [-0.25, -0.2) is 13.1 Å². The van der Waals surface area contributed by atoms with Gasteiger partial charge >= 0.3 is 0 Å². The van der Waals surface area contributed by atoms with Crippen LogP contribution in [0.3, 0.4) is 0 Å². The van der Waals surface area contributed by atoms with E-state index in [1.54, 1.807) is 0 Å². The number of rotatable bonds is 11. The Hall–Kier alpha value is -0.130. The van der Waals surface area contributed by atoms with Gasteiger partial charge in [-0.3, -0.25) is 0 Å². The quantitative estimate of drug-likeness (QED) is 0.569. The lowest BCUT2D eigenvalue weighted by Crippen LogP contribution is -2.35. The van der Waals surface area contributed by atoms with Crippen molar-refractivity contribution in [3.05, 3.63) is 0 Å². The van der Waals surface area contributed by atoms with Crippen molar-refractivity contribution in [1.82, 2.24) is 10.0 Å². The van der Waals surface area contributed by atoms with Crippen LogP contribution in [0.2, 0.25) is 0 Å². The minimum atomic E-state index is -3.11. The van der Waals surface area contributed by atoms with E-state index in [9.17, 15) is 8.42 Å². The lowest BCUT2D eigenvalue weighted by Gasteiger charge is -2.15. The van der Waals surface area contributed by atoms with Gasteiger partial charge < -0.3 is 5.32 Å². The highest BCUT2D eigenvalue weighted by Crippen LogP contribution is 2.07. The molecule has 1 atom stereocenters. The summed E-state index contributed by atoms with van der Waals surface area (Å²) in [6.07, 6.45) is 3.72. The Balaban J connectivity index is 3.78. The predicted octanol–water partition coefficient (Wildman–Crippen LogP) is 2.12. The largest absolute Gasteiger partial charge is 0.317 e. The van der Waals surface area contributed by atoms with E-state index in [4.69, 9.17) is 0 Å². The lowest BCUT2D eigenvalue weighted by molar-refractivity contribution is 0.484. The first-order chi connectivity index (χ1) is 8.37. The summed E-state index contributed by atoms with van der Waals surface area (Å²) < 4.78 is 26.3. The number of nitrogens with one attached hydrogen (secondary N) is 2. The molecule has 0 aliphatic carbocycles. The molecule has 4 nitrogen and oxygen atoms in total. The molecule has 0 radical (unpaired) electrons. The predicted molar refractivity (Wildman–Crippen MR) is 78.2 cm³/mol. The minimum absolute atomic E-state index is 0.0426. The summed E-state index contributed by atoms with van der Waals surface area (Å²) in [7, 11) is -3.11. The summed E-state index contributed by atoms with van der Waals surface area (Å²) in [5.41, 5.74) is 0. The maximum absolute atomic E-state index is 11.8. The highest BCUT2D eigenvalue weighted by molar-refractivity contribution is 7.89. The fraction of sp³-hybridized carbons (Fsp3) is 1.00. The van der Waals surface area contributed by atoms with Gasteiger partial charge in [-0.15, -0.1) is 0 Å². The van der Waals surface area contributed by atoms with Crippen LogP contribution in [0.25, 0.3) is 0 Å². The van der Waals surface area contributed by atoms with Crippen molar-refractivity contribution < 1.29 is 8.42 Å². The highest BCUT2D eigenvalue weighted by Gasteiger charge is 2.14. The zero-order valence-electron chi connectivity index (χ0n) is 12.3. The number of sulfonamides is 1. The molecule has 2 N–H and O–H groups in total. The third-order valence-electron chi connectivity index (χ3n) is 2.75. The number of hydrogen-bond acceptors (Lipinski definition) is 3. The van der Waals surface area contributed by atoms with Crippen molar-refractivity contribution in [2.45, 2.75) is 59.4 Å². The average Bonchev–Trinajstić information content (AvgIpc) is 2.25. The van der Waals surface area contributed by atoms with Crippen LogP contribution in [0, 0.1) is 5.92 Å². The van der Waals surface area contributed by atoms with Crippen molar-refractivity contribution in [2.24, 2.45) is 5.92 Å². The first kappa shape index (κ1) is 17.9. The number of hydrogen-bond donors (Lipinski definition) is 2. The van der Waals surface area contributed by atoms with E-state index in [1.807, 2.05) is 6.92 Å². The molecule has 0 fully saturated rings. The van der Waals surface area contributed by atoms with Crippen molar-refractivity contribution in [3.8, 4) is 0 Å². The molecule has 0 saturated heterocycles. The molecule has 0 rings (SSSR count). The van der Waals surface area contributed by atoms with Crippen molar-refractivity contribution in [1.29, 1.82) is 0 Å². The van der Waals surface area contributed by atoms with Gasteiger partial charge in [0.25, 0.3) is 0 Å². The van der Waals surface area contributed by atoms with E-state index in [2.05, 4.69) is 30.8 Å². The van der Waals surface area contributed by atoms with Gasteiger partial charge in [0.2, 0.25) is 10.0 Å². The Bertz CT molecular complexity index is 289. The maximum Gasteiger partial charge on any atom is 0.211 e. The van der Waals surface area contributed by atoms with Crippen LogP contribution in [-0.2, 0) is 10.0 Å². The Morgan fingerprint density at radius 1 is 1.06 bits per heavy atom. The Kier molecular flexibility index (Phi) is 9.68. The minimum Gasteiger partial charge on any atom is -0.317 e. The zero-order chi connectivity index (χ0) is 14.0. The van der Waals surface area contributed by atoms with E-state index >= 15 is 0 Å². The van der Waals surface area contributed by atoms with Crippen LogP contribution in [0.1, 0.15) is 53.4 Å². The molecule has 0 aromatic carbocycles. The van der Waals surface area contributed by atoms with Crippen LogP contribution in [0.4, 0.5) is 0 Å². The molecular weight excluding hydrogens is 248 g/mol. The van der Waals surface area contributed by atoms with E-state index in [0.29, 0.717) is 12.3 Å². The lowest BCUT2D eigenvalue weighted by atomic mass is 10.1. The molecule has 18 heavy (non-hydrogen) atoms. The van der Waals surface area contributed by atoms with Crippen molar-refractivity contribution in [3.63, 3.8) is 0 Å². The summed E-state index contributed by atoms with van der Waals surface area (Å²) in [5, 5.41) is 3.21. The third-order valence-corrected chi connectivity index (χ3v) is 4.34. The molecule has 5 heteroatoms. The molecular formula is C13H30N2O2S. The van der Waals surface area contributed by atoms with Gasteiger partial charge in [-0.05, 0) is 51.6 Å². The summed E-state index contributed by atoms with van der Waals surface area (Å²) in [6.45, 7) is 10.1. The first-order valence-electron chi connectivity index (χ1n) is 7.08. The summed E-state index contributed by atoms with van der Waals surface area (Å²) >= 11 is 0. The molecule has 0 bridgehead atoms. The second kappa shape index (κ2) is 9.75. The molecule has 0 heterocycles. The Labute approximate surface area is 113 Å². The van der Waals surface area contributed by atoms with E-state index < -0.39 is 10.0 Å². The standard InChI is InChI=1S/C13H30N2O2S/c1-5-9-14-10-6-11-18(16,17)15-13(4)8-7-12(2)3/h12-15H,5-11H2,1-4H3. The third kappa shape index (κ3) is 11.0. The average molecular weight is 278 g/mol. The fourth-order valence-electron chi connectivity index (χ4n) is 1.70. The SMILES string of the molecule is CCCNCCCS(=O)(=O)NC(C)CCC(C)C. The van der Waals surface area contributed by atoms with Crippen LogP contribution in [0.5, 0.6) is 0 Å². The second-order valence-electron chi connectivity index (χ2n) is 5.41. The highest BCUT2D eigenvalue weighted by atomic mass is 32.2. The van der Waals surface area contributed by atoms with Gasteiger partial charge in [-0.1, -0.05) is 20.8 Å². The molecule has 0 spiro atoms. The zero-order valence-corrected chi connectivity index (χ0v) is 13.1. The maximum atomic E-state index is 11.8. The Morgan fingerprint density at radius 3 is 2.28 bits per heavy atom. The molecule has 110 valence electrons. The van der Waals surface area contributed by atoms with Crippen molar-refractivity contribution >= 4 is 10.0 Å². The molecule has 0 aromatic heterocycles. The van der Waals surface area contributed by atoms with Crippen LogP contribution in [-0.4, -0.2) is 33.3 Å². The fourth-order valence-corrected chi connectivity index (χ4v) is 3.07. The first-order valence-corrected chi connectivity index (χ1v) is 8.73. The smallest absolute Gasteiger partial charge is 0.211 e. The van der Waals surface area contributed by atoms with Crippen molar-refractivity contribution in [2.75, 3.05) is 18.8 Å². The van der Waals surface area contributed by atoms with Gasteiger partial charge in [-0.2, -0.15) is 0 Å². The molecule has 1 unspecified atom stereocenters. The van der Waals surface area contributed by atoms with E-state index in [1.165, 1.54) is 0 Å². The summed E-state index contributed by atoms with van der Waals surface area (Å²) in [5.74, 6) is 0.839. The molecule has 0 saturated carbocycles. The Morgan fingerprint density at radius 2 is 1.72 bits per heavy atom. The molecule has 0 aromatic rings. The van der Waals surface area contributed by atoms with Gasteiger partial charge in [0.1, 0.15) is 0 Å². The second-order valence-corrected chi connectivity index (χ2v) is 7.29. The van der Waals surface area contributed by atoms with Crippen LogP contribution < -0.4 is 10.0 Å². The monoisotopic (exact) mass is 278 g/mol.